The Morgan fingerprint density at radius 3 is 2.32 bits per heavy atom. The van der Waals surface area contributed by atoms with E-state index in [9.17, 15) is 28.8 Å². The maximum Gasteiger partial charge on any atom is 0.410 e. The van der Waals surface area contributed by atoms with Crippen molar-refractivity contribution in [3.63, 3.8) is 0 Å². The van der Waals surface area contributed by atoms with Crippen LogP contribution in [-0.2, 0) is 19.1 Å². The van der Waals surface area contributed by atoms with Crippen LogP contribution in [-0.4, -0.2) is 70.2 Å². The molecule has 1 aliphatic carbocycles. The number of amides is 6. The summed E-state index contributed by atoms with van der Waals surface area (Å²) < 4.78 is 5.46. The molecule has 202 valence electrons. The van der Waals surface area contributed by atoms with Crippen molar-refractivity contribution in [3.8, 4) is 0 Å². The maximum atomic E-state index is 13.0. The summed E-state index contributed by atoms with van der Waals surface area (Å²) in [5.41, 5.74) is 0.197. The first-order chi connectivity index (χ1) is 17.9. The Labute approximate surface area is 220 Å². The Morgan fingerprint density at radius 1 is 1.03 bits per heavy atom. The molecule has 6 amide bonds. The first-order valence-electron chi connectivity index (χ1n) is 13.0. The van der Waals surface area contributed by atoms with Crippen LogP contribution in [0, 0.1) is 11.3 Å². The highest BCUT2D eigenvalue weighted by molar-refractivity contribution is 6.24. The summed E-state index contributed by atoms with van der Waals surface area (Å²) in [4.78, 5) is 77.5. The van der Waals surface area contributed by atoms with Crippen LogP contribution in [0.1, 0.15) is 80.0 Å². The zero-order chi connectivity index (χ0) is 27.4. The zero-order valence-electron chi connectivity index (χ0n) is 21.8. The molecular weight excluding hydrogens is 492 g/mol. The molecule has 0 radical (unpaired) electrons. The molecule has 1 aromatic rings. The van der Waals surface area contributed by atoms with E-state index in [1.807, 2.05) is 20.8 Å². The van der Waals surface area contributed by atoms with Crippen LogP contribution in [0.3, 0.4) is 0 Å². The average molecular weight is 525 g/mol. The van der Waals surface area contributed by atoms with Crippen molar-refractivity contribution in [3.05, 3.63) is 29.3 Å². The van der Waals surface area contributed by atoms with Crippen molar-refractivity contribution in [2.45, 2.75) is 70.9 Å². The van der Waals surface area contributed by atoms with Crippen molar-refractivity contribution in [2.24, 2.45) is 11.3 Å². The van der Waals surface area contributed by atoms with Gasteiger partial charge in [-0.2, -0.15) is 0 Å². The summed E-state index contributed by atoms with van der Waals surface area (Å²) in [6, 6.07) is 3.48. The number of nitrogens with one attached hydrogen (secondary N) is 2. The Balaban J connectivity index is 1.16. The fourth-order valence-corrected chi connectivity index (χ4v) is 5.86. The van der Waals surface area contributed by atoms with Gasteiger partial charge in [-0.05, 0) is 76.5 Å². The van der Waals surface area contributed by atoms with Crippen molar-refractivity contribution in [1.29, 1.82) is 0 Å². The number of rotatable bonds is 3. The van der Waals surface area contributed by atoms with Gasteiger partial charge in [-0.1, -0.05) is 0 Å². The van der Waals surface area contributed by atoms with Gasteiger partial charge in [0, 0.05) is 31.1 Å². The predicted molar refractivity (Wildman–Crippen MR) is 134 cm³/mol. The van der Waals surface area contributed by atoms with Gasteiger partial charge in [-0.3, -0.25) is 34.2 Å². The van der Waals surface area contributed by atoms with Crippen molar-refractivity contribution < 1.29 is 33.5 Å². The first kappa shape index (κ1) is 25.9. The monoisotopic (exact) mass is 524 g/mol. The Kier molecular flexibility index (Phi) is 6.27. The quantitative estimate of drug-likeness (QED) is 0.579. The third kappa shape index (κ3) is 4.77. The van der Waals surface area contributed by atoms with Gasteiger partial charge in [0.25, 0.3) is 11.8 Å². The fourth-order valence-electron chi connectivity index (χ4n) is 5.86. The number of carbonyl (C=O) groups is 6. The largest absolute Gasteiger partial charge is 0.444 e. The van der Waals surface area contributed by atoms with Crippen molar-refractivity contribution >= 4 is 41.3 Å². The summed E-state index contributed by atoms with van der Waals surface area (Å²) in [7, 11) is 0. The Hall–Kier alpha value is -3.76. The molecule has 3 aliphatic heterocycles. The SMILES string of the molecule is CC(C)(C)OC(=O)N1CCC2(CC1)CC(C(=O)Nc1ccc3c(c1)C(=O)N(C1CCC(=O)NC1=O)C3=O)C2. The van der Waals surface area contributed by atoms with Gasteiger partial charge >= 0.3 is 6.09 Å². The number of imide groups is 2. The number of ether oxygens (including phenoxy) is 1. The topological polar surface area (TPSA) is 142 Å². The normalized spacial score (nSPS) is 23.2. The second kappa shape index (κ2) is 9.21. The third-order valence-corrected chi connectivity index (χ3v) is 7.91. The summed E-state index contributed by atoms with van der Waals surface area (Å²) in [6.45, 7) is 6.74. The molecule has 11 heteroatoms. The van der Waals surface area contributed by atoms with Crippen LogP contribution in [0.25, 0.3) is 0 Å². The Morgan fingerprint density at radius 2 is 1.68 bits per heavy atom. The molecule has 1 saturated carbocycles. The molecule has 2 N–H and O–H groups in total. The molecule has 0 bridgehead atoms. The number of carbonyl (C=O) groups excluding carboxylic acids is 6. The van der Waals surface area contributed by atoms with Crippen LogP contribution < -0.4 is 10.6 Å². The van der Waals surface area contributed by atoms with E-state index in [0.29, 0.717) is 18.8 Å². The lowest BCUT2D eigenvalue weighted by Gasteiger charge is -2.51. The molecule has 5 rings (SSSR count). The molecule has 11 nitrogen and oxygen atoms in total. The zero-order valence-corrected chi connectivity index (χ0v) is 21.8. The molecule has 38 heavy (non-hydrogen) atoms. The number of likely N-dealkylation sites (tertiary alicyclic amines) is 1. The summed E-state index contributed by atoms with van der Waals surface area (Å²) in [5, 5.41) is 5.03. The third-order valence-electron chi connectivity index (χ3n) is 7.91. The predicted octanol–water partition coefficient (Wildman–Crippen LogP) is 2.45. The second-order valence-electron chi connectivity index (χ2n) is 11.8. The molecule has 2 saturated heterocycles. The van der Waals surface area contributed by atoms with Crippen molar-refractivity contribution in [1.82, 2.24) is 15.1 Å². The molecule has 1 unspecified atom stereocenters. The minimum atomic E-state index is -1.04. The van der Waals surface area contributed by atoms with E-state index in [4.69, 9.17) is 4.74 Å². The number of hydrogen-bond acceptors (Lipinski definition) is 7. The molecule has 0 aromatic heterocycles. The lowest BCUT2D eigenvalue weighted by Crippen LogP contribution is -2.54. The Bertz CT molecular complexity index is 1230. The van der Waals surface area contributed by atoms with E-state index in [1.54, 1.807) is 11.0 Å². The summed E-state index contributed by atoms with van der Waals surface area (Å²) in [6.07, 6.45) is 2.93. The number of benzene rings is 1. The highest BCUT2D eigenvalue weighted by Gasteiger charge is 2.49. The molecule has 3 heterocycles. The molecule has 1 aromatic carbocycles. The lowest BCUT2D eigenvalue weighted by molar-refractivity contribution is -0.136. The minimum Gasteiger partial charge on any atom is -0.444 e. The van der Waals surface area contributed by atoms with E-state index < -0.39 is 35.3 Å². The number of hydrogen-bond donors (Lipinski definition) is 2. The molecule has 1 atom stereocenters. The van der Waals surface area contributed by atoms with Crippen LogP contribution in [0.15, 0.2) is 18.2 Å². The maximum absolute atomic E-state index is 13.0. The smallest absolute Gasteiger partial charge is 0.410 e. The van der Waals surface area contributed by atoms with E-state index in [0.717, 1.165) is 30.6 Å². The van der Waals surface area contributed by atoms with E-state index in [1.165, 1.54) is 12.1 Å². The molecule has 1 spiro atoms. The summed E-state index contributed by atoms with van der Waals surface area (Å²) >= 11 is 0. The van der Waals surface area contributed by atoms with E-state index in [-0.39, 0.29) is 47.3 Å². The van der Waals surface area contributed by atoms with Crippen LogP contribution in [0.4, 0.5) is 10.5 Å². The lowest BCUT2D eigenvalue weighted by atomic mass is 9.57. The van der Waals surface area contributed by atoms with Gasteiger partial charge in [0.2, 0.25) is 17.7 Å². The first-order valence-corrected chi connectivity index (χ1v) is 13.0. The van der Waals surface area contributed by atoms with Gasteiger partial charge in [0.1, 0.15) is 11.6 Å². The van der Waals surface area contributed by atoms with Gasteiger partial charge in [-0.25, -0.2) is 4.79 Å². The van der Waals surface area contributed by atoms with Crippen LogP contribution in [0.2, 0.25) is 0 Å². The number of nitrogens with zero attached hydrogens (tertiary/aromatic N) is 2. The van der Waals surface area contributed by atoms with Crippen molar-refractivity contribution in [2.75, 3.05) is 18.4 Å². The van der Waals surface area contributed by atoms with E-state index in [2.05, 4.69) is 10.6 Å². The average Bonchev–Trinajstić information content (AvgIpc) is 3.06. The van der Waals surface area contributed by atoms with Crippen LogP contribution >= 0.6 is 0 Å². The van der Waals surface area contributed by atoms with Gasteiger partial charge in [0.15, 0.2) is 0 Å². The second-order valence-corrected chi connectivity index (χ2v) is 11.8. The number of fused-ring (bicyclic) bond motifs is 1. The van der Waals surface area contributed by atoms with Crippen LogP contribution in [0.5, 0.6) is 0 Å². The van der Waals surface area contributed by atoms with Gasteiger partial charge in [-0.15, -0.1) is 0 Å². The highest BCUT2D eigenvalue weighted by atomic mass is 16.6. The molecule has 3 fully saturated rings. The minimum absolute atomic E-state index is 0.0449. The summed E-state index contributed by atoms with van der Waals surface area (Å²) in [5.74, 6) is -2.62. The molecular formula is C27H32N4O7. The fraction of sp³-hybridized carbons (Fsp3) is 0.556. The number of anilines is 1. The van der Waals surface area contributed by atoms with E-state index >= 15 is 0 Å². The van der Waals surface area contributed by atoms with Gasteiger partial charge in [0.05, 0.1) is 11.1 Å². The number of piperidine rings is 2. The molecule has 4 aliphatic rings. The van der Waals surface area contributed by atoms with Gasteiger partial charge < -0.3 is 15.0 Å². The highest BCUT2D eigenvalue weighted by Crippen LogP contribution is 2.53. The standard InChI is InChI=1S/C27H32N4O7/c1-26(2,3)38-25(37)30-10-8-27(9-11-30)13-15(14-27)21(33)28-16-4-5-17-18(12-16)24(36)31(23(17)35)19-6-7-20(32)29-22(19)34/h4-5,12,15,19H,6-11,13-14H2,1-3H3,(H,28,33)(H,29,32,34).